The number of fused-ring (bicyclic) bond motifs is 3. The Labute approximate surface area is 369 Å². The molecule has 1 aromatic heterocycles. The van der Waals surface area contributed by atoms with Crippen molar-refractivity contribution in [1.29, 1.82) is 0 Å². The van der Waals surface area contributed by atoms with Crippen molar-refractivity contribution in [3.8, 4) is 33.4 Å². The van der Waals surface area contributed by atoms with E-state index in [1.165, 1.54) is 26.3 Å². The molecule has 0 saturated carbocycles. The molecule has 0 amide bonds. The summed E-state index contributed by atoms with van der Waals surface area (Å²) in [7, 11) is -2.87. The first-order valence-corrected chi connectivity index (χ1v) is 23.6. The predicted molar refractivity (Wildman–Crippen MR) is 268 cm³/mol. The highest BCUT2D eigenvalue weighted by Gasteiger charge is 2.42. The van der Waals surface area contributed by atoms with Crippen molar-refractivity contribution < 1.29 is 4.42 Å². The number of furan rings is 1. The van der Waals surface area contributed by atoms with Gasteiger partial charge in [0.25, 0.3) is 0 Å². The highest BCUT2D eigenvalue weighted by molar-refractivity contribution is 7.20. The fourth-order valence-electron chi connectivity index (χ4n) is 9.55. The molecule has 0 radical (unpaired) electrons. The largest absolute Gasteiger partial charge is 0.453 e. The van der Waals surface area contributed by atoms with Gasteiger partial charge in [-0.2, -0.15) is 0 Å². The van der Waals surface area contributed by atoms with Crippen LogP contribution in [0.2, 0.25) is 0 Å². The summed E-state index contributed by atoms with van der Waals surface area (Å²) < 4.78 is 7.15. The Morgan fingerprint density at radius 3 is 1.27 bits per heavy atom. The summed E-state index contributed by atoms with van der Waals surface area (Å²) in [6.45, 7) is 0. The van der Waals surface area contributed by atoms with E-state index < -0.39 is 8.07 Å². The Bertz CT molecular complexity index is 3200. The van der Waals surface area contributed by atoms with Crippen LogP contribution in [0.1, 0.15) is 0 Å². The van der Waals surface area contributed by atoms with Crippen LogP contribution in [0, 0.1) is 0 Å². The number of rotatable bonds is 10. The summed E-state index contributed by atoms with van der Waals surface area (Å²) in [5.41, 5.74) is 11.6. The van der Waals surface area contributed by atoms with Crippen molar-refractivity contribution in [3.63, 3.8) is 0 Å². The average molecular weight is 822 g/mol. The number of nitrogens with zero attached hydrogens (tertiary/aromatic N) is 1. The molecule has 3 heteroatoms. The van der Waals surface area contributed by atoms with Crippen LogP contribution in [-0.2, 0) is 0 Å². The lowest BCUT2D eigenvalue weighted by Gasteiger charge is -2.36. The minimum atomic E-state index is -2.87. The molecule has 0 aliphatic rings. The van der Waals surface area contributed by atoms with Crippen molar-refractivity contribution >= 4 is 67.8 Å². The van der Waals surface area contributed by atoms with Crippen LogP contribution in [0.15, 0.2) is 265 Å². The van der Waals surface area contributed by atoms with Crippen LogP contribution in [0.3, 0.4) is 0 Å². The minimum absolute atomic E-state index is 0.840. The molecule has 0 aliphatic carbocycles. The smallest absolute Gasteiger partial charge is 0.179 e. The molecule has 0 N–H and O–H groups in total. The highest BCUT2D eigenvalue weighted by atomic mass is 28.3. The van der Waals surface area contributed by atoms with Gasteiger partial charge < -0.3 is 9.32 Å². The summed E-state index contributed by atoms with van der Waals surface area (Å²) in [6, 6.07) is 94.7. The summed E-state index contributed by atoms with van der Waals surface area (Å²) >= 11 is 0. The zero-order chi connectivity index (χ0) is 42.0. The van der Waals surface area contributed by atoms with Gasteiger partial charge in [-0.05, 0) is 67.3 Å². The monoisotopic (exact) mass is 821 g/mol. The summed E-state index contributed by atoms with van der Waals surface area (Å²) in [4.78, 5) is 2.41. The van der Waals surface area contributed by atoms with Crippen molar-refractivity contribution in [3.05, 3.63) is 261 Å². The summed E-state index contributed by atoms with van der Waals surface area (Å²) in [5, 5.41) is 7.49. The van der Waals surface area contributed by atoms with Gasteiger partial charge in [-0.15, -0.1) is 0 Å². The fraction of sp³-hybridized carbons (Fsp3) is 0. The van der Waals surface area contributed by atoms with Gasteiger partial charge in [-0.1, -0.05) is 237 Å². The molecular weight excluding hydrogens is 779 g/mol. The molecule has 11 aromatic rings. The summed E-state index contributed by atoms with van der Waals surface area (Å²) in [5.74, 6) is 0. The van der Waals surface area contributed by atoms with Gasteiger partial charge in [0.2, 0.25) is 0 Å². The van der Waals surface area contributed by atoms with E-state index in [-0.39, 0.29) is 0 Å². The second-order valence-corrected chi connectivity index (χ2v) is 19.8. The third-order valence-corrected chi connectivity index (χ3v) is 17.2. The normalized spacial score (nSPS) is 11.5. The third kappa shape index (κ3) is 6.76. The molecular formula is C60H43NOSi. The molecule has 1 heterocycles. The first-order valence-electron chi connectivity index (χ1n) is 21.6. The van der Waals surface area contributed by atoms with Gasteiger partial charge in [-0.3, -0.25) is 0 Å². The molecule has 0 aliphatic heterocycles. The topological polar surface area (TPSA) is 16.4 Å². The third-order valence-electron chi connectivity index (χ3n) is 12.4. The highest BCUT2D eigenvalue weighted by Crippen LogP contribution is 2.46. The number of benzene rings is 10. The van der Waals surface area contributed by atoms with E-state index in [2.05, 4.69) is 266 Å². The Balaban J connectivity index is 1.20. The molecule has 0 spiro atoms. The minimum Gasteiger partial charge on any atom is -0.453 e. The van der Waals surface area contributed by atoms with Crippen LogP contribution in [-0.4, -0.2) is 8.07 Å². The maximum atomic E-state index is 7.15. The van der Waals surface area contributed by atoms with E-state index in [1.54, 1.807) is 0 Å². The van der Waals surface area contributed by atoms with Gasteiger partial charge in [0.1, 0.15) is 5.58 Å². The van der Waals surface area contributed by atoms with E-state index in [1.807, 2.05) is 0 Å². The summed E-state index contributed by atoms with van der Waals surface area (Å²) in [6.07, 6.45) is 0. The van der Waals surface area contributed by atoms with E-state index in [0.29, 0.717) is 0 Å². The lowest BCUT2D eigenvalue weighted by atomic mass is 10.00. The molecule has 298 valence electrons. The zero-order valence-corrected chi connectivity index (χ0v) is 35.7. The molecule has 0 bridgehead atoms. The number of hydrogen-bond acceptors (Lipinski definition) is 2. The van der Waals surface area contributed by atoms with Gasteiger partial charge in [0.05, 0.1) is 11.4 Å². The Kier molecular flexibility index (Phi) is 9.93. The SMILES string of the molecule is c1ccc(-c2ccc(N(c3ccc([Si](c4ccccc4)(c4ccccc4)c4ccccc4)cc3-c3ccccc3)c3cccc4c3oc3c(-c5ccccc5)cccc34)cc2)cc1. The standard InChI is InChI=1S/C60H43NOSi/c1-7-21-44(22-8-1)45-37-39-48(40-38-45)61(58-36-20-35-55-54-34-19-33-53(59(54)62-60(55)58)46-23-9-2-10-24-46)57-42-41-52(43-56(57)47-25-11-3-12-26-47)63(49-27-13-4-14-28-49,50-29-15-5-16-30-50)51-31-17-6-18-32-51/h1-43H. The average Bonchev–Trinajstić information content (AvgIpc) is 3.76. The van der Waals surface area contributed by atoms with Gasteiger partial charge in [0.15, 0.2) is 13.7 Å². The zero-order valence-electron chi connectivity index (χ0n) is 34.7. The molecule has 0 unspecified atom stereocenters. The van der Waals surface area contributed by atoms with Gasteiger partial charge >= 0.3 is 0 Å². The van der Waals surface area contributed by atoms with E-state index >= 15 is 0 Å². The Morgan fingerprint density at radius 1 is 0.286 bits per heavy atom. The lowest BCUT2D eigenvalue weighted by Crippen LogP contribution is -2.74. The maximum Gasteiger partial charge on any atom is 0.179 e. The van der Waals surface area contributed by atoms with E-state index in [4.69, 9.17) is 4.42 Å². The molecule has 11 rings (SSSR count). The lowest BCUT2D eigenvalue weighted by molar-refractivity contribution is 0.670. The van der Waals surface area contributed by atoms with Crippen LogP contribution in [0.5, 0.6) is 0 Å². The van der Waals surface area contributed by atoms with Gasteiger partial charge in [0, 0.05) is 27.6 Å². The molecule has 0 fully saturated rings. The molecule has 63 heavy (non-hydrogen) atoms. The first kappa shape index (κ1) is 38.0. The number of hydrogen-bond donors (Lipinski definition) is 0. The fourth-order valence-corrected chi connectivity index (χ4v) is 14.3. The quantitative estimate of drug-likeness (QED) is 0.101. The second kappa shape index (κ2) is 16.5. The van der Waals surface area contributed by atoms with Crippen molar-refractivity contribution in [1.82, 2.24) is 0 Å². The van der Waals surface area contributed by atoms with Crippen molar-refractivity contribution in [2.24, 2.45) is 0 Å². The van der Waals surface area contributed by atoms with Crippen molar-refractivity contribution in [2.45, 2.75) is 0 Å². The number of para-hydroxylation sites is 2. The van der Waals surface area contributed by atoms with Gasteiger partial charge in [-0.25, -0.2) is 0 Å². The van der Waals surface area contributed by atoms with Crippen LogP contribution in [0.25, 0.3) is 55.3 Å². The Hall–Kier alpha value is -7.98. The van der Waals surface area contributed by atoms with Crippen molar-refractivity contribution in [2.75, 3.05) is 4.90 Å². The van der Waals surface area contributed by atoms with E-state index in [0.717, 1.165) is 66.8 Å². The first-order chi connectivity index (χ1) is 31.3. The molecule has 10 aromatic carbocycles. The van der Waals surface area contributed by atoms with E-state index in [9.17, 15) is 0 Å². The molecule has 2 nitrogen and oxygen atoms in total. The second-order valence-electron chi connectivity index (χ2n) is 16.0. The molecule has 0 saturated heterocycles. The van der Waals surface area contributed by atoms with Crippen LogP contribution in [0.4, 0.5) is 17.1 Å². The Morgan fingerprint density at radius 2 is 0.730 bits per heavy atom. The van der Waals surface area contributed by atoms with Crippen LogP contribution >= 0.6 is 0 Å². The number of anilines is 3. The molecule has 0 atom stereocenters. The maximum absolute atomic E-state index is 7.15. The predicted octanol–water partition coefficient (Wildman–Crippen LogP) is 13.4. The van der Waals surface area contributed by atoms with Crippen LogP contribution < -0.4 is 25.6 Å².